The van der Waals surface area contributed by atoms with Crippen molar-refractivity contribution >= 4 is 42.1 Å². The van der Waals surface area contributed by atoms with Gasteiger partial charge in [0.25, 0.3) is 0 Å². The molecule has 2 aliphatic rings. The number of hydrogen-bond donors (Lipinski definition) is 1. The molecule has 0 radical (unpaired) electrons. The van der Waals surface area contributed by atoms with Crippen molar-refractivity contribution in [3.05, 3.63) is 40.9 Å². The van der Waals surface area contributed by atoms with E-state index >= 15 is 0 Å². The van der Waals surface area contributed by atoms with E-state index in [-0.39, 0.29) is 30.7 Å². The molecule has 1 aromatic heterocycles. The summed E-state index contributed by atoms with van der Waals surface area (Å²) in [6.07, 6.45) is 1.51. The Morgan fingerprint density at radius 1 is 1.18 bits per heavy atom. The highest BCUT2D eigenvalue weighted by molar-refractivity contribution is 7.13. The van der Waals surface area contributed by atoms with E-state index in [2.05, 4.69) is 46.4 Å². The molecule has 154 valence electrons. The molecule has 2 aromatic rings. The van der Waals surface area contributed by atoms with Crippen molar-refractivity contribution in [2.45, 2.75) is 25.8 Å². The highest BCUT2D eigenvalue weighted by atomic mass is 35.5. The molecule has 0 aliphatic carbocycles. The van der Waals surface area contributed by atoms with Crippen LogP contribution in [0.1, 0.15) is 17.7 Å². The number of rotatable bonds is 4. The zero-order valence-electron chi connectivity index (χ0n) is 16.1. The Morgan fingerprint density at radius 2 is 1.89 bits per heavy atom. The maximum atomic E-state index is 12.7. The number of hydrogen-bond acceptors (Lipinski definition) is 5. The normalized spacial score (nSPS) is 19.8. The number of aromatic nitrogens is 1. The average Bonchev–Trinajstić information content (AvgIpc) is 3.33. The molecule has 0 saturated carbocycles. The summed E-state index contributed by atoms with van der Waals surface area (Å²) in [4.78, 5) is 21.9. The molecular weight excluding hydrogens is 415 g/mol. The first-order valence-corrected chi connectivity index (χ1v) is 10.3. The quantitative estimate of drug-likeness (QED) is 0.790. The monoisotopic (exact) mass is 442 g/mol. The number of halogens is 2. The predicted octanol–water partition coefficient (Wildman–Crippen LogP) is 3.01. The number of nitrogens with zero attached hydrogens (tertiary/aromatic N) is 3. The SMILES string of the molecule is Cc1ccc(-c2nc(CC(=O)N3CCC(N4CCNCC4)C3)cs2)cc1.Cl.Cl. The number of thiazole rings is 1. The van der Waals surface area contributed by atoms with E-state index in [0.717, 1.165) is 62.0 Å². The van der Waals surface area contributed by atoms with Gasteiger partial charge in [0.2, 0.25) is 5.91 Å². The Balaban J connectivity index is 0.00000140. The molecule has 28 heavy (non-hydrogen) atoms. The standard InChI is InChI=1S/C20H26N4OS.2ClH/c1-15-2-4-16(5-3-15)20-22-17(14-26-20)12-19(25)24-9-6-18(13-24)23-10-7-21-8-11-23;;/h2-5,14,18,21H,6-13H2,1H3;2*1H. The third-order valence-corrected chi connectivity index (χ3v) is 6.31. The van der Waals surface area contributed by atoms with Crippen LogP contribution in [-0.4, -0.2) is 66.0 Å². The van der Waals surface area contributed by atoms with Gasteiger partial charge in [0.15, 0.2) is 0 Å². The van der Waals surface area contributed by atoms with Gasteiger partial charge in [-0.15, -0.1) is 36.2 Å². The van der Waals surface area contributed by atoms with Gasteiger partial charge in [0.05, 0.1) is 12.1 Å². The molecule has 2 aliphatic heterocycles. The van der Waals surface area contributed by atoms with E-state index in [1.54, 1.807) is 11.3 Å². The minimum absolute atomic E-state index is 0. The smallest absolute Gasteiger partial charge is 0.228 e. The van der Waals surface area contributed by atoms with Crippen molar-refractivity contribution in [1.82, 2.24) is 20.1 Å². The summed E-state index contributed by atoms with van der Waals surface area (Å²) in [7, 11) is 0. The van der Waals surface area contributed by atoms with Gasteiger partial charge in [-0.3, -0.25) is 9.69 Å². The fourth-order valence-electron chi connectivity index (χ4n) is 3.80. The number of carbonyl (C=O) groups is 1. The van der Waals surface area contributed by atoms with Crippen LogP contribution in [0.25, 0.3) is 10.6 Å². The maximum Gasteiger partial charge on any atom is 0.228 e. The van der Waals surface area contributed by atoms with E-state index in [9.17, 15) is 4.79 Å². The molecule has 1 amide bonds. The number of amides is 1. The Morgan fingerprint density at radius 3 is 2.61 bits per heavy atom. The van der Waals surface area contributed by atoms with Gasteiger partial charge in [-0.1, -0.05) is 29.8 Å². The highest BCUT2D eigenvalue weighted by Gasteiger charge is 2.31. The van der Waals surface area contributed by atoms with Crippen LogP contribution in [0.3, 0.4) is 0 Å². The fraction of sp³-hybridized carbons (Fsp3) is 0.500. The van der Waals surface area contributed by atoms with Crippen molar-refractivity contribution in [1.29, 1.82) is 0 Å². The van der Waals surface area contributed by atoms with Crippen molar-refractivity contribution in [2.24, 2.45) is 0 Å². The van der Waals surface area contributed by atoms with Crippen LogP contribution >= 0.6 is 36.2 Å². The number of piperazine rings is 1. The molecule has 1 aromatic carbocycles. The Labute approximate surface area is 183 Å². The van der Waals surface area contributed by atoms with E-state index in [4.69, 9.17) is 0 Å². The third-order valence-electron chi connectivity index (χ3n) is 5.37. The van der Waals surface area contributed by atoms with Gasteiger partial charge >= 0.3 is 0 Å². The molecule has 2 fully saturated rings. The van der Waals surface area contributed by atoms with Crippen LogP contribution in [0.15, 0.2) is 29.6 Å². The van der Waals surface area contributed by atoms with Crippen molar-refractivity contribution in [2.75, 3.05) is 39.3 Å². The zero-order chi connectivity index (χ0) is 17.9. The molecule has 3 heterocycles. The van der Waals surface area contributed by atoms with Gasteiger partial charge in [-0.2, -0.15) is 0 Å². The Kier molecular flexibility index (Phi) is 8.71. The van der Waals surface area contributed by atoms with Gasteiger partial charge in [0.1, 0.15) is 5.01 Å². The summed E-state index contributed by atoms with van der Waals surface area (Å²) < 4.78 is 0. The molecule has 0 spiro atoms. The lowest BCUT2D eigenvalue weighted by atomic mass is 10.2. The van der Waals surface area contributed by atoms with E-state index < -0.39 is 0 Å². The molecule has 1 atom stereocenters. The van der Waals surface area contributed by atoms with Crippen LogP contribution in [0.5, 0.6) is 0 Å². The second-order valence-corrected chi connectivity index (χ2v) is 8.11. The first kappa shape index (κ1) is 23.1. The first-order valence-electron chi connectivity index (χ1n) is 9.43. The molecule has 2 saturated heterocycles. The number of carbonyl (C=O) groups excluding carboxylic acids is 1. The lowest BCUT2D eigenvalue weighted by molar-refractivity contribution is -0.129. The Hall–Kier alpha value is -1.18. The van der Waals surface area contributed by atoms with Crippen molar-refractivity contribution < 1.29 is 4.79 Å². The molecule has 8 heteroatoms. The summed E-state index contributed by atoms with van der Waals surface area (Å²) in [6, 6.07) is 8.92. The van der Waals surface area contributed by atoms with Gasteiger partial charge < -0.3 is 10.2 Å². The minimum Gasteiger partial charge on any atom is -0.341 e. The van der Waals surface area contributed by atoms with Crippen molar-refractivity contribution in [3.63, 3.8) is 0 Å². The lowest BCUT2D eigenvalue weighted by Crippen LogP contribution is -2.49. The maximum absolute atomic E-state index is 12.7. The number of benzene rings is 1. The van der Waals surface area contributed by atoms with Crippen LogP contribution in [-0.2, 0) is 11.2 Å². The molecule has 5 nitrogen and oxygen atoms in total. The predicted molar refractivity (Wildman–Crippen MR) is 120 cm³/mol. The van der Waals surface area contributed by atoms with Crippen molar-refractivity contribution in [3.8, 4) is 10.6 Å². The highest BCUT2D eigenvalue weighted by Crippen LogP contribution is 2.25. The zero-order valence-corrected chi connectivity index (χ0v) is 18.5. The lowest BCUT2D eigenvalue weighted by Gasteiger charge is -2.32. The summed E-state index contributed by atoms with van der Waals surface area (Å²) >= 11 is 1.62. The van der Waals surface area contributed by atoms with Crippen LogP contribution in [0, 0.1) is 6.92 Å². The number of aryl methyl sites for hydroxylation is 1. The van der Waals surface area contributed by atoms with Gasteiger partial charge in [-0.05, 0) is 13.3 Å². The summed E-state index contributed by atoms with van der Waals surface area (Å²) in [6.45, 7) is 8.14. The molecule has 0 bridgehead atoms. The minimum atomic E-state index is 0. The Bertz CT molecular complexity index is 762. The van der Waals surface area contributed by atoms with Crippen LogP contribution in [0.4, 0.5) is 0 Å². The van der Waals surface area contributed by atoms with E-state index in [1.165, 1.54) is 5.56 Å². The average molecular weight is 443 g/mol. The number of nitrogens with one attached hydrogen (secondary N) is 1. The third kappa shape index (κ3) is 5.45. The summed E-state index contributed by atoms with van der Waals surface area (Å²) in [5.41, 5.74) is 3.26. The largest absolute Gasteiger partial charge is 0.341 e. The fourth-order valence-corrected chi connectivity index (χ4v) is 4.62. The van der Waals surface area contributed by atoms with Crippen LogP contribution < -0.4 is 5.32 Å². The molecule has 4 rings (SSSR count). The second-order valence-electron chi connectivity index (χ2n) is 7.26. The molecule has 1 N–H and O–H groups in total. The number of likely N-dealkylation sites (tertiary alicyclic amines) is 1. The topological polar surface area (TPSA) is 48.5 Å². The van der Waals surface area contributed by atoms with E-state index in [0.29, 0.717) is 12.5 Å². The van der Waals surface area contributed by atoms with Gasteiger partial charge in [0, 0.05) is 56.3 Å². The molecule has 1 unspecified atom stereocenters. The van der Waals surface area contributed by atoms with Crippen LogP contribution in [0.2, 0.25) is 0 Å². The first-order chi connectivity index (χ1) is 12.7. The summed E-state index contributed by atoms with van der Waals surface area (Å²) in [5.74, 6) is 0.211. The second kappa shape index (κ2) is 10.6. The summed E-state index contributed by atoms with van der Waals surface area (Å²) in [5, 5.41) is 6.41. The molecular formula is C20H28Cl2N4OS. The van der Waals surface area contributed by atoms with Gasteiger partial charge in [-0.25, -0.2) is 4.98 Å². The van der Waals surface area contributed by atoms with E-state index in [1.807, 2.05) is 10.3 Å².